The van der Waals surface area contributed by atoms with Crippen LogP contribution >= 0.6 is 11.6 Å². The molecular formula is C24H24ClN3O2. The van der Waals surface area contributed by atoms with E-state index < -0.39 is 0 Å². The van der Waals surface area contributed by atoms with E-state index in [1.54, 1.807) is 58.0 Å². The molecule has 0 spiro atoms. The van der Waals surface area contributed by atoms with Crippen molar-refractivity contribution in [2.45, 2.75) is 26.7 Å². The third kappa shape index (κ3) is 3.81. The Morgan fingerprint density at radius 2 is 1.87 bits per heavy atom. The van der Waals surface area contributed by atoms with Crippen molar-refractivity contribution in [1.29, 1.82) is 0 Å². The van der Waals surface area contributed by atoms with Crippen molar-refractivity contribution in [3.8, 4) is 5.69 Å². The van der Waals surface area contributed by atoms with Gasteiger partial charge in [-0.1, -0.05) is 44.2 Å². The lowest BCUT2D eigenvalue weighted by molar-refractivity contribution is -0.116. The lowest BCUT2D eigenvalue weighted by Gasteiger charge is -2.23. The van der Waals surface area contributed by atoms with Crippen LogP contribution in [0, 0.1) is 0 Å². The van der Waals surface area contributed by atoms with Crippen molar-refractivity contribution in [3.63, 3.8) is 0 Å². The molecule has 1 amide bonds. The lowest BCUT2D eigenvalue weighted by Crippen LogP contribution is -2.30. The number of carbonyl (C=O) groups excluding carboxylic acids is 1. The number of amides is 1. The quantitative estimate of drug-likeness (QED) is 0.504. The largest absolute Gasteiger partial charge is 0.308 e. The Labute approximate surface area is 180 Å². The van der Waals surface area contributed by atoms with Gasteiger partial charge in [-0.3, -0.25) is 14.2 Å². The molecule has 0 aliphatic heterocycles. The second-order valence-electron chi connectivity index (χ2n) is 7.26. The molecule has 0 saturated heterocycles. The van der Waals surface area contributed by atoms with Crippen LogP contribution in [0.15, 0.2) is 60.4 Å². The first-order chi connectivity index (χ1) is 14.3. The van der Waals surface area contributed by atoms with Gasteiger partial charge < -0.3 is 4.90 Å². The summed E-state index contributed by atoms with van der Waals surface area (Å²) in [6.45, 7) is 13.4. The average Bonchev–Trinajstić information content (AvgIpc) is 2.71. The Hall–Kier alpha value is -3.18. The van der Waals surface area contributed by atoms with Crippen LogP contribution in [0.4, 0.5) is 5.69 Å². The van der Waals surface area contributed by atoms with E-state index in [-0.39, 0.29) is 17.4 Å². The van der Waals surface area contributed by atoms with E-state index in [1.165, 1.54) is 6.92 Å². The highest BCUT2D eigenvalue weighted by Crippen LogP contribution is 2.30. The molecule has 0 aliphatic carbocycles. The van der Waals surface area contributed by atoms with Crippen LogP contribution in [0.25, 0.3) is 22.7 Å². The smallest absolute Gasteiger partial charge is 0.266 e. The highest BCUT2D eigenvalue weighted by Gasteiger charge is 2.21. The predicted octanol–water partition coefficient (Wildman–Crippen LogP) is 5.34. The molecule has 6 heteroatoms. The molecule has 0 radical (unpaired) electrons. The minimum atomic E-state index is -0.182. The second-order valence-corrected chi connectivity index (χ2v) is 7.70. The number of nitrogens with zero attached hydrogens (tertiary/aromatic N) is 3. The van der Waals surface area contributed by atoms with Gasteiger partial charge in [0.2, 0.25) is 5.91 Å². The fourth-order valence-corrected chi connectivity index (χ4v) is 3.59. The van der Waals surface area contributed by atoms with Gasteiger partial charge in [-0.15, -0.1) is 6.58 Å². The van der Waals surface area contributed by atoms with Gasteiger partial charge in [-0.05, 0) is 36.4 Å². The Kier molecular flexibility index (Phi) is 6.22. The van der Waals surface area contributed by atoms with Crippen LogP contribution in [-0.4, -0.2) is 22.0 Å². The number of rotatable bonds is 6. The summed E-state index contributed by atoms with van der Waals surface area (Å²) in [6, 6.07) is 10.6. The van der Waals surface area contributed by atoms with E-state index in [0.717, 1.165) is 0 Å². The summed E-state index contributed by atoms with van der Waals surface area (Å²) in [5.74, 6) is 0.472. The van der Waals surface area contributed by atoms with Gasteiger partial charge >= 0.3 is 0 Å². The molecule has 3 rings (SSSR count). The van der Waals surface area contributed by atoms with Gasteiger partial charge in [0.05, 0.1) is 22.3 Å². The third-order valence-electron chi connectivity index (χ3n) is 4.87. The molecule has 1 heterocycles. The van der Waals surface area contributed by atoms with Crippen molar-refractivity contribution >= 4 is 40.2 Å². The minimum Gasteiger partial charge on any atom is -0.308 e. The van der Waals surface area contributed by atoms with Gasteiger partial charge in [-0.25, -0.2) is 4.98 Å². The number of hydrogen-bond acceptors (Lipinski definition) is 3. The summed E-state index contributed by atoms with van der Waals surface area (Å²) >= 11 is 6.02. The summed E-state index contributed by atoms with van der Waals surface area (Å²) in [5, 5.41) is 1.05. The maximum absolute atomic E-state index is 13.5. The number of benzene rings is 2. The molecule has 154 valence electrons. The Bertz CT molecular complexity index is 1190. The van der Waals surface area contributed by atoms with Crippen molar-refractivity contribution in [3.05, 3.63) is 82.4 Å². The Morgan fingerprint density at radius 1 is 1.20 bits per heavy atom. The first-order valence-electron chi connectivity index (χ1n) is 9.67. The summed E-state index contributed by atoms with van der Waals surface area (Å²) in [6.07, 6.45) is 3.30. The number of carbonyl (C=O) groups is 1. The van der Waals surface area contributed by atoms with Crippen molar-refractivity contribution in [1.82, 2.24) is 9.55 Å². The van der Waals surface area contributed by atoms with Crippen molar-refractivity contribution in [2.24, 2.45) is 0 Å². The zero-order valence-corrected chi connectivity index (χ0v) is 18.1. The minimum absolute atomic E-state index is 0.0174. The van der Waals surface area contributed by atoms with E-state index in [1.807, 2.05) is 13.8 Å². The SMILES string of the molecule is C=CCN(C(C)=O)c1ccc2c(=O)n(-c3ccc(Cl)cc3)c(C(C)C)nc2c1C=C. The number of hydrogen-bond donors (Lipinski definition) is 0. The average molecular weight is 422 g/mol. The van der Waals surface area contributed by atoms with Gasteiger partial charge in [0.15, 0.2) is 0 Å². The summed E-state index contributed by atoms with van der Waals surface area (Å²) in [5.41, 5.74) is 2.33. The molecule has 0 saturated carbocycles. The fraction of sp³-hybridized carbons (Fsp3) is 0.208. The monoisotopic (exact) mass is 421 g/mol. The molecule has 1 aromatic heterocycles. The molecule has 3 aromatic rings. The third-order valence-corrected chi connectivity index (χ3v) is 5.12. The summed E-state index contributed by atoms with van der Waals surface area (Å²) in [4.78, 5) is 32.2. The van der Waals surface area contributed by atoms with E-state index in [2.05, 4.69) is 13.2 Å². The number of fused-ring (bicyclic) bond motifs is 1. The Morgan fingerprint density at radius 3 is 2.40 bits per heavy atom. The molecule has 0 bridgehead atoms. The molecule has 0 unspecified atom stereocenters. The van der Waals surface area contributed by atoms with Gasteiger partial charge in [0.1, 0.15) is 5.82 Å². The van der Waals surface area contributed by atoms with Crippen LogP contribution in [0.3, 0.4) is 0 Å². The van der Waals surface area contributed by atoms with E-state index in [4.69, 9.17) is 16.6 Å². The van der Waals surface area contributed by atoms with E-state index in [9.17, 15) is 9.59 Å². The standard InChI is InChI=1S/C24H24ClN3O2/c1-6-14-27(16(5)29)21-13-12-20-22(19(21)7-2)26-23(15(3)4)28(24(20)30)18-10-8-17(25)9-11-18/h6-13,15H,1-2,14H2,3-5H3. The molecule has 0 fully saturated rings. The first kappa shape index (κ1) is 21.5. The molecular weight excluding hydrogens is 398 g/mol. The molecule has 0 N–H and O–H groups in total. The van der Waals surface area contributed by atoms with Gasteiger partial charge in [0, 0.05) is 30.0 Å². The lowest BCUT2D eigenvalue weighted by atomic mass is 10.1. The zero-order valence-electron chi connectivity index (χ0n) is 17.4. The number of anilines is 1. The maximum atomic E-state index is 13.5. The topological polar surface area (TPSA) is 55.2 Å². The molecule has 30 heavy (non-hydrogen) atoms. The highest BCUT2D eigenvalue weighted by atomic mass is 35.5. The zero-order chi connectivity index (χ0) is 22.0. The van der Waals surface area contributed by atoms with Crippen LogP contribution in [0.5, 0.6) is 0 Å². The molecule has 5 nitrogen and oxygen atoms in total. The molecule has 0 aliphatic rings. The van der Waals surface area contributed by atoms with E-state index in [0.29, 0.717) is 45.2 Å². The summed E-state index contributed by atoms with van der Waals surface area (Å²) < 4.78 is 1.61. The number of halogens is 1. The fourth-order valence-electron chi connectivity index (χ4n) is 3.47. The van der Waals surface area contributed by atoms with Crippen molar-refractivity contribution in [2.75, 3.05) is 11.4 Å². The van der Waals surface area contributed by atoms with Gasteiger partial charge in [-0.2, -0.15) is 0 Å². The molecule has 2 aromatic carbocycles. The van der Waals surface area contributed by atoms with E-state index >= 15 is 0 Å². The van der Waals surface area contributed by atoms with Crippen LogP contribution in [-0.2, 0) is 4.79 Å². The predicted molar refractivity (Wildman–Crippen MR) is 125 cm³/mol. The van der Waals surface area contributed by atoms with Gasteiger partial charge in [0.25, 0.3) is 5.56 Å². The normalized spacial score (nSPS) is 11.0. The van der Waals surface area contributed by atoms with Crippen LogP contribution in [0.1, 0.15) is 38.1 Å². The van der Waals surface area contributed by atoms with Crippen LogP contribution < -0.4 is 10.5 Å². The highest BCUT2D eigenvalue weighted by molar-refractivity contribution is 6.30. The first-order valence-corrected chi connectivity index (χ1v) is 10.0. The molecule has 0 atom stereocenters. The maximum Gasteiger partial charge on any atom is 0.266 e. The second kappa shape index (κ2) is 8.67. The van der Waals surface area contributed by atoms with Crippen molar-refractivity contribution < 1.29 is 4.79 Å². The Balaban J connectivity index is 2.39. The number of aromatic nitrogens is 2. The summed E-state index contributed by atoms with van der Waals surface area (Å²) in [7, 11) is 0. The van der Waals surface area contributed by atoms with Crippen LogP contribution in [0.2, 0.25) is 5.02 Å².